The summed E-state index contributed by atoms with van der Waals surface area (Å²) in [5, 5.41) is 0. The monoisotopic (exact) mass is 520 g/mol. The molecule has 3 aromatic rings. The molecule has 3 rings (SSSR count). The summed E-state index contributed by atoms with van der Waals surface area (Å²) in [6.07, 6.45) is 30.6. The molecule has 3 aromatic heterocycles. The Hall–Kier alpha value is -1.94. The Kier molecular flexibility index (Phi) is 13.2. The largest absolute Gasteiger partial charge is 0.141 e. The van der Waals surface area contributed by atoms with Gasteiger partial charge in [-0.3, -0.25) is 0 Å². The maximum atomic E-state index is 2.29. The van der Waals surface area contributed by atoms with Gasteiger partial charge < -0.3 is 0 Å². The zero-order valence-corrected chi connectivity index (χ0v) is 23.8. The highest BCUT2D eigenvalue weighted by Crippen LogP contribution is 2.23. The van der Waals surface area contributed by atoms with E-state index in [2.05, 4.69) is 98.9 Å². The summed E-state index contributed by atoms with van der Waals surface area (Å²) >= 11 is 5.67. The number of aryl methyl sites for hydroxylation is 2. The Labute approximate surface area is 225 Å². The molecule has 0 atom stereocenters. The van der Waals surface area contributed by atoms with Crippen molar-refractivity contribution in [1.82, 2.24) is 0 Å². The van der Waals surface area contributed by atoms with Crippen molar-refractivity contribution in [1.29, 1.82) is 0 Å². The second-order valence-electron chi connectivity index (χ2n) is 8.91. The van der Waals surface area contributed by atoms with E-state index in [1.165, 1.54) is 93.5 Å². The lowest BCUT2D eigenvalue weighted by Gasteiger charge is -1.96. The first-order chi connectivity index (χ1) is 17.3. The lowest BCUT2D eigenvalue weighted by Crippen LogP contribution is -1.80. The molecule has 0 unspecified atom stereocenters. The van der Waals surface area contributed by atoms with E-state index in [4.69, 9.17) is 0 Å². The number of allylic oxidation sites excluding steroid dienone is 4. The molecule has 0 aliphatic carbocycles. The molecule has 0 fully saturated rings. The molecule has 0 radical (unpaired) electrons. The molecule has 0 aliphatic rings. The third-order valence-corrected chi connectivity index (χ3v) is 9.07. The first-order valence-corrected chi connectivity index (χ1v) is 15.7. The number of unbranched alkanes of at least 4 members (excludes halogenated alkanes) is 6. The van der Waals surface area contributed by atoms with Gasteiger partial charge in [-0.2, -0.15) is 0 Å². The van der Waals surface area contributed by atoms with Crippen LogP contribution in [0.4, 0.5) is 0 Å². The van der Waals surface area contributed by atoms with Gasteiger partial charge in [0.1, 0.15) is 0 Å². The van der Waals surface area contributed by atoms with E-state index < -0.39 is 0 Å². The van der Waals surface area contributed by atoms with Gasteiger partial charge >= 0.3 is 0 Å². The lowest BCUT2D eigenvalue weighted by atomic mass is 10.1. The molecular formula is C32H40S3. The summed E-state index contributed by atoms with van der Waals surface area (Å²) in [7, 11) is 0. The summed E-state index contributed by atoms with van der Waals surface area (Å²) in [4.78, 5) is 8.28. The molecule has 0 nitrogen and oxygen atoms in total. The number of rotatable bonds is 16. The van der Waals surface area contributed by atoms with Gasteiger partial charge in [0.25, 0.3) is 0 Å². The SMILES string of the molecule is CCCCCCc1ccc(/C=C/C=C/c2ccc(/C=C/C=C/c3ccc(CCCCCC)s3)s2)s1. The van der Waals surface area contributed by atoms with Crippen molar-refractivity contribution in [3.63, 3.8) is 0 Å². The van der Waals surface area contributed by atoms with Crippen LogP contribution in [-0.2, 0) is 12.8 Å². The fourth-order valence-electron chi connectivity index (χ4n) is 3.84. The molecule has 0 spiro atoms. The minimum atomic E-state index is 1.22. The van der Waals surface area contributed by atoms with Crippen molar-refractivity contribution in [3.8, 4) is 0 Å². The van der Waals surface area contributed by atoms with E-state index in [-0.39, 0.29) is 0 Å². The van der Waals surface area contributed by atoms with Crippen LogP contribution in [0.3, 0.4) is 0 Å². The standard InChI is InChI=1S/C32H40S3/c1-3-5-7-9-15-27-21-23-29(33-27)17-11-13-19-31-25-26-32(35-31)20-14-12-18-30-24-22-28(34-30)16-10-8-6-4-2/h11-14,17-26H,3-10,15-16H2,1-2H3/b17-11+,18-12+,19-13+,20-14+. The summed E-state index contributed by atoms with van der Waals surface area (Å²) in [5.41, 5.74) is 0. The molecule has 186 valence electrons. The van der Waals surface area contributed by atoms with Crippen LogP contribution in [0.15, 0.2) is 60.7 Å². The lowest BCUT2D eigenvalue weighted by molar-refractivity contribution is 0.670. The fourth-order valence-corrected chi connectivity index (χ4v) is 6.61. The summed E-state index contributed by atoms with van der Waals surface area (Å²) in [5.74, 6) is 0. The van der Waals surface area contributed by atoms with Crippen LogP contribution in [0.2, 0.25) is 0 Å². The fraction of sp³-hybridized carbons (Fsp3) is 0.375. The molecule has 3 heterocycles. The van der Waals surface area contributed by atoms with Gasteiger partial charge in [-0.25, -0.2) is 0 Å². The molecule has 0 aromatic carbocycles. The predicted octanol–water partition coefficient (Wildman–Crippen LogP) is 11.6. The van der Waals surface area contributed by atoms with E-state index in [1.807, 2.05) is 34.0 Å². The van der Waals surface area contributed by atoms with Gasteiger partial charge in [-0.1, -0.05) is 76.7 Å². The molecule has 0 saturated heterocycles. The topological polar surface area (TPSA) is 0 Å². The van der Waals surface area contributed by atoms with Crippen LogP contribution in [0, 0.1) is 0 Å². The van der Waals surface area contributed by atoms with E-state index in [1.54, 1.807) is 0 Å². The van der Waals surface area contributed by atoms with Crippen LogP contribution < -0.4 is 0 Å². The highest BCUT2D eigenvalue weighted by Gasteiger charge is 1.99. The molecular weight excluding hydrogens is 481 g/mol. The van der Waals surface area contributed by atoms with Crippen molar-refractivity contribution in [2.45, 2.75) is 78.1 Å². The third kappa shape index (κ3) is 11.1. The minimum absolute atomic E-state index is 1.22. The Morgan fingerprint density at radius 3 is 1.23 bits per heavy atom. The van der Waals surface area contributed by atoms with Crippen molar-refractivity contribution >= 4 is 58.3 Å². The molecule has 3 heteroatoms. The predicted molar refractivity (Wildman–Crippen MR) is 165 cm³/mol. The summed E-state index contributed by atoms with van der Waals surface area (Å²) < 4.78 is 0. The van der Waals surface area contributed by atoms with E-state index in [0.29, 0.717) is 0 Å². The smallest absolute Gasteiger partial charge is 0.0276 e. The van der Waals surface area contributed by atoms with Gasteiger partial charge in [0.15, 0.2) is 0 Å². The molecule has 0 N–H and O–H groups in total. The highest BCUT2D eigenvalue weighted by atomic mass is 32.1. The molecule has 0 bridgehead atoms. The minimum Gasteiger partial charge on any atom is -0.141 e. The van der Waals surface area contributed by atoms with Crippen molar-refractivity contribution in [2.75, 3.05) is 0 Å². The van der Waals surface area contributed by atoms with Crippen LogP contribution in [0.5, 0.6) is 0 Å². The first kappa shape index (κ1) is 27.6. The van der Waals surface area contributed by atoms with Crippen molar-refractivity contribution in [3.05, 3.63) is 90.0 Å². The zero-order valence-electron chi connectivity index (χ0n) is 21.4. The normalized spacial score (nSPS) is 12.4. The Bertz CT molecular complexity index is 999. The average molecular weight is 521 g/mol. The Morgan fingerprint density at radius 2 is 0.829 bits per heavy atom. The molecule has 0 aliphatic heterocycles. The maximum absolute atomic E-state index is 2.29. The molecule has 0 amide bonds. The number of hydrogen-bond donors (Lipinski definition) is 0. The van der Waals surface area contributed by atoms with Gasteiger partial charge in [0.2, 0.25) is 0 Å². The third-order valence-electron chi connectivity index (χ3n) is 5.83. The van der Waals surface area contributed by atoms with Gasteiger partial charge in [0, 0.05) is 29.3 Å². The Morgan fingerprint density at radius 1 is 0.457 bits per heavy atom. The van der Waals surface area contributed by atoms with Crippen molar-refractivity contribution in [2.24, 2.45) is 0 Å². The van der Waals surface area contributed by atoms with Crippen molar-refractivity contribution < 1.29 is 0 Å². The second kappa shape index (κ2) is 16.7. The number of hydrogen-bond acceptors (Lipinski definition) is 3. The first-order valence-electron chi connectivity index (χ1n) is 13.2. The van der Waals surface area contributed by atoms with E-state index >= 15 is 0 Å². The Balaban J connectivity index is 1.40. The van der Waals surface area contributed by atoms with Crippen LogP contribution in [0.25, 0.3) is 24.3 Å². The van der Waals surface area contributed by atoms with Gasteiger partial charge in [0.05, 0.1) is 0 Å². The number of thiophene rings is 3. The van der Waals surface area contributed by atoms with E-state index in [0.717, 1.165) is 0 Å². The molecule has 35 heavy (non-hydrogen) atoms. The quantitative estimate of drug-likeness (QED) is 0.130. The highest BCUT2D eigenvalue weighted by molar-refractivity contribution is 7.14. The summed E-state index contributed by atoms with van der Waals surface area (Å²) in [6.45, 7) is 4.54. The maximum Gasteiger partial charge on any atom is 0.0276 e. The summed E-state index contributed by atoms with van der Waals surface area (Å²) in [6, 6.07) is 13.5. The van der Waals surface area contributed by atoms with Crippen LogP contribution in [-0.4, -0.2) is 0 Å². The molecule has 0 saturated carbocycles. The average Bonchev–Trinajstić information content (AvgIpc) is 3.62. The van der Waals surface area contributed by atoms with Crippen LogP contribution >= 0.6 is 34.0 Å². The second-order valence-corrected chi connectivity index (χ2v) is 12.5. The van der Waals surface area contributed by atoms with Gasteiger partial charge in [-0.15, -0.1) is 34.0 Å². The zero-order chi connectivity index (χ0) is 24.6. The van der Waals surface area contributed by atoms with E-state index in [9.17, 15) is 0 Å². The van der Waals surface area contributed by atoms with Gasteiger partial charge in [-0.05, 0) is 86.4 Å². The van der Waals surface area contributed by atoms with Crippen LogP contribution in [0.1, 0.15) is 94.5 Å².